The zero-order valence-corrected chi connectivity index (χ0v) is 16.8. The third kappa shape index (κ3) is 4.49. The summed E-state index contributed by atoms with van der Waals surface area (Å²) < 4.78 is 68.1. The second-order valence-electron chi connectivity index (χ2n) is 6.90. The van der Waals surface area contributed by atoms with E-state index in [2.05, 4.69) is 0 Å². The van der Waals surface area contributed by atoms with Crippen LogP contribution in [0, 0.1) is 0 Å². The molecular weight excluding hydrogens is 437 g/mol. The van der Waals surface area contributed by atoms with Crippen LogP contribution >= 0.6 is 0 Å². The van der Waals surface area contributed by atoms with E-state index in [1.165, 1.54) is 22.2 Å². The van der Waals surface area contributed by atoms with Gasteiger partial charge in [0.1, 0.15) is 0 Å². The van der Waals surface area contributed by atoms with Gasteiger partial charge in [-0.3, -0.25) is 9.69 Å². The van der Waals surface area contributed by atoms with Crippen LogP contribution in [0.15, 0.2) is 59.5 Å². The van der Waals surface area contributed by atoms with Crippen molar-refractivity contribution in [2.45, 2.75) is 29.6 Å². The number of benzene rings is 2. The Morgan fingerprint density at radius 3 is 2.23 bits per heavy atom. The summed E-state index contributed by atoms with van der Waals surface area (Å²) in [7, 11) is -4.83. The lowest BCUT2D eigenvalue weighted by Gasteiger charge is -2.29. The summed E-state index contributed by atoms with van der Waals surface area (Å²) in [4.78, 5) is 24.7. The summed E-state index contributed by atoms with van der Waals surface area (Å²) in [6.07, 6.45) is -4.83. The van der Waals surface area contributed by atoms with Crippen LogP contribution in [0.1, 0.15) is 12.0 Å². The van der Waals surface area contributed by atoms with E-state index >= 15 is 0 Å². The van der Waals surface area contributed by atoms with Crippen molar-refractivity contribution in [2.75, 3.05) is 12.3 Å². The maximum Gasteiger partial charge on any atom is 0.435 e. The second-order valence-corrected chi connectivity index (χ2v) is 8.58. The molecule has 0 saturated carbocycles. The lowest BCUT2D eigenvalue weighted by atomic mass is 10.1. The van der Waals surface area contributed by atoms with Gasteiger partial charge in [0.05, 0.1) is 4.90 Å². The molecule has 12 heteroatoms. The fourth-order valence-electron chi connectivity index (χ4n) is 3.09. The number of rotatable bonds is 7. The predicted molar refractivity (Wildman–Crippen MR) is 105 cm³/mol. The Balaban J connectivity index is 1.83. The monoisotopic (exact) mass is 456 g/mol. The van der Waals surface area contributed by atoms with E-state index in [0.717, 1.165) is 17.7 Å². The van der Waals surface area contributed by atoms with Crippen molar-refractivity contribution in [2.24, 2.45) is 0 Å². The van der Waals surface area contributed by atoms with E-state index < -0.39 is 38.7 Å². The molecule has 166 valence electrons. The number of nitrogens with one attached hydrogen (secondary N) is 2. The van der Waals surface area contributed by atoms with E-state index in [1.54, 1.807) is 30.3 Å². The van der Waals surface area contributed by atoms with Gasteiger partial charge in [0.25, 0.3) is 11.6 Å². The minimum absolute atomic E-state index is 0.194. The van der Waals surface area contributed by atoms with E-state index in [1.807, 2.05) is 0 Å². The molecule has 3 rings (SSSR count). The molecule has 1 heterocycles. The lowest BCUT2D eigenvalue weighted by molar-refractivity contribution is -0.198. The number of aryl methyl sites for hydroxylation is 1. The van der Waals surface area contributed by atoms with Crippen molar-refractivity contribution in [3.63, 3.8) is 0 Å². The summed E-state index contributed by atoms with van der Waals surface area (Å²) in [6, 6.07) is 12.0. The highest BCUT2D eigenvalue weighted by Crippen LogP contribution is 2.35. The van der Waals surface area contributed by atoms with Crippen LogP contribution in [0.2, 0.25) is 0 Å². The van der Waals surface area contributed by atoms with Gasteiger partial charge >= 0.3 is 12.2 Å². The van der Waals surface area contributed by atoms with Crippen molar-refractivity contribution < 1.29 is 31.2 Å². The molecule has 0 aromatic heterocycles. The fourth-order valence-corrected chi connectivity index (χ4v) is 4.36. The number of amides is 3. The number of hydrogen-bond donors (Lipinski definition) is 3. The molecule has 31 heavy (non-hydrogen) atoms. The maximum absolute atomic E-state index is 13.9. The number of imide groups is 1. The first-order valence-electron chi connectivity index (χ1n) is 9.10. The van der Waals surface area contributed by atoms with Crippen LogP contribution in [0.3, 0.4) is 0 Å². The average Bonchev–Trinajstić information content (AvgIpc) is 2.93. The normalized spacial score (nSPS) is 19.5. The van der Waals surface area contributed by atoms with E-state index in [-0.39, 0.29) is 18.7 Å². The van der Waals surface area contributed by atoms with E-state index in [0.29, 0.717) is 11.3 Å². The number of halogens is 3. The zero-order valence-electron chi connectivity index (χ0n) is 16.0. The molecule has 2 aromatic carbocycles. The minimum Gasteiger partial charge on any atom is -0.399 e. The first-order chi connectivity index (χ1) is 14.5. The van der Waals surface area contributed by atoms with E-state index in [9.17, 15) is 31.2 Å². The third-order valence-corrected chi connectivity index (χ3v) is 6.17. The van der Waals surface area contributed by atoms with Crippen molar-refractivity contribution >= 4 is 27.6 Å². The quantitative estimate of drug-likeness (QED) is 0.435. The first-order valence-corrected chi connectivity index (χ1v) is 10.6. The Labute approximate surface area is 176 Å². The topological polar surface area (TPSA) is 122 Å². The molecule has 2 aromatic rings. The maximum atomic E-state index is 13.9. The number of alkyl halides is 3. The summed E-state index contributed by atoms with van der Waals surface area (Å²) in [6.45, 7) is -0.318. The van der Waals surface area contributed by atoms with Crippen LogP contribution < -0.4 is 15.8 Å². The van der Waals surface area contributed by atoms with Crippen molar-refractivity contribution in [1.82, 2.24) is 14.9 Å². The Hall–Kier alpha value is -3.12. The largest absolute Gasteiger partial charge is 0.435 e. The highest BCUT2D eigenvalue weighted by Gasteiger charge is 2.69. The molecule has 1 aliphatic rings. The standard InChI is InChI=1S/C19H19F3N4O4S/c20-19(21,22)18(25-31(29,30)15-10-8-14(23)9-11-15)16(27)26(17(28)24-18)12-4-7-13-5-2-1-3-6-13/h1-3,5-6,8-11,25H,4,7,12,23H2,(H,24,28). The molecule has 0 aliphatic carbocycles. The number of nitrogens with zero attached hydrogens (tertiary/aromatic N) is 1. The number of anilines is 1. The Bertz CT molecular complexity index is 1080. The number of hydrogen-bond acceptors (Lipinski definition) is 5. The highest BCUT2D eigenvalue weighted by atomic mass is 32.2. The molecule has 1 saturated heterocycles. The molecule has 1 atom stereocenters. The van der Waals surface area contributed by atoms with Crippen LogP contribution in [-0.4, -0.2) is 43.6 Å². The molecule has 1 aliphatic heterocycles. The van der Waals surface area contributed by atoms with Gasteiger partial charge < -0.3 is 11.1 Å². The van der Waals surface area contributed by atoms with Crippen molar-refractivity contribution in [1.29, 1.82) is 0 Å². The van der Waals surface area contributed by atoms with Crippen LogP contribution in [-0.2, 0) is 21.2 Å². The lowest BCUT2D eigenvalue weighted by Crippen LogP contribution is -2.69. The number of carbonyl (C=O) groups excluding carboxylic acids is 2. The molecule has 4 N–H and O–H groups in total. The third-order valence-electron chi connectivity index (χ3n) is 4.70. The van der Waals surface area contributed by atoms with Gasteiger partial charge in [0.2, 0.25) is 10.0 Å². The summed E-state index contributed by atoms with van der Waals surface area (Å²) in [5.74, 6) is -1.74. The molecule has 3 amide bonds. The smallest absolute Gasteiger partial charge is 0.399 e. The van der Waals surface area contributed by atoms with Gasteiger partial charge in [-0.2, -0.15) is 17.9 Å². The molecule has 0 spiro atoms. The second kappa shape index (κ2) is 8.19. The number of sulfonamides is 1. The Kier molecular flexibility index (Phi) is 5.96. The van der Waals surface area contributed by atoms with Gasteiger partial charge in [0, 0.05) is 12.2 Å². The van der Waals surface area contributed by atoms with Gasteiger partial charge in [-0.25, -0.2) is 13.2 Å². The van der Waals surface area contributed by atoms with Gasteiger partial charge in [0.15, 0.2) is 0 Å². The SMILES string of the molecule is Nc1ccc(S(=O)(=O)NC2(C(F)(F)F)NC(=O)N(CCCc3ccccc3)C2=O)cc1. The van der Waals surface area contributed by atoms with Crippen LogP contribution in [0.25, 0.3) is 0 Å². The van der Waals surface area contributed by atoms with Crippen LogP contribution in [0.5, 0.6) is 0 Å². The van der Waals surface area contributed by atoms with Crippen LogP contribution in [0.4, 0.5) is 23.7 Å². The summed E-state index contributed by atoms with van der Waals surface area (Å²) in [5, 5.41) is 1.49. The summed E-state index contributed by atoms with van der Waals surface area (Å²) in [5.41, 5.74) is 2.72. The molecule has 1 unspecified atom stereocenters. The van der Waals surface area contributed by atoms with E-state index in [4.69, 9.17) is 5.73 Å². The number of carbonyl (C=O) groups is 2. The zero-order chi connectivity index (χ0) is 22.9. The molecule has 1 fully saturated rings. The fraction of sp³-hybridized carbons (Fsp3) is 0.263. The number of nitrogen functional groups attached to an aromatic ring is 1. The molecule has 8 nitrogen and oxygen atoms in total. The Morgan fingerprint density at radius 1 is 1.03 bits per heavy atom. The first kappa shape index (κ1) is 22.6. The predicted octanol–water partition coefficient (Wildman–Crippen LogP) is 1.99. The highest BCUT2D eigenvalue weighted by molar-refractivity contribution is 7.89. The molecule has 0 radical (unpaired) electrons. The summed E-state index contributed by atoms with van der Waals surface area (Å²) >= 11 is 0. The average molecular weight is 456 g/mol. The van der Waals surface area contributed by atoms with Crippen molar-refractivity contribution in [3.05, 3.63) is 60.2 Å². The number of urea groups is 1. The minimum atomic E-state index is -5.44. The number of nitrogens with two attached hydrogens (primary N) is 1. The molecule has 0 bridgehead atoms. The Morgan fingerprint density at radius 2 is 1.65 bits per heavy atom. The van der Waals surface area contributed by atoms with Gasteiger partial charge in [-0.05, 0) is 42.7 Å². The van der Waals surface area contributed by atoms with Crippen molar-refractivity contribution in [3.8, 4) is 0 Å². The van der Waals surface area contributed by atoms with Gasteiger partial charge in [-0.1, -0.05) is 30.3 Å². The van der Waals surface area contributed by atoms with Gasteiger partial charge in [-0.15, -0.1) is 0 Å². The molecular formula is C19H19F3N4O4S.